The average Bonchev–Trinajstić information content (AvgIpc) is 3.01. The summed E-state index contributed by atoms with van der Waals surface area (Å²) in [5.41, 5.74) is -2.24. The van der Waals surface area contributed by atoms with E-state index in [1.165, 1.54) is 6.08 Å². The molecule has 0 aliphatic heterocycles. The summed E-state index contributed by atoms with van der Waals surface area (Å²) < 4.78 is 81.7. The molecule has 1 saturated carbocycles. The Bertz CT molecular complexity index is 810. The predicted molar refractivity (Wildman–Crippen MR) is 88.3 cm³/mol. The molecule has 0 saturated heterocycles. The van der Waals surface area contributed by atoms with Crippen molar-refractivity contribution in [2.75, 3.05) is 12.4 Å². The summed E-state index contributed by atoms with van der Waals surface area (Å²) in [6.07, 6.45) is -0.676. The largest absolute Gasteiger partial charge is 0.748 e. The molecule has 0 atom stereocenters. The van der Waals surface area contributed by atoms with Crippen LogP contribution in [0.25, 0.3) is 0 Å². The van der Waals surface area contributed by atoms with Gasteiger partial charge in [0.25, 0.3) is 0 Å². The molecule has 0 heterocycles. The lowest BCUT2D eigenvalue weighted by molar-refractivity contribution is -0.139. The van der Waals surface area contributed by atoms with Gasteiger partial charge in [0, 0.05) is 0 Å². The zero-order valence-electron chi connectivity index (χ0n) is 14.3. The lowest BCUT2D eigenvalue weighted by atomic mass is 10.0. The highest BCUT2D eigenvalue weighted by atomic mass is 32.2. The molecule has 0 unspecified atom stereocenters. The summed E-state index contributed by atoms with van der Waals surface area (Å²) in [6.45, 7) is 2.94. The monoisotopic (exact) mass is 407 g/mol. The van der Waals surface area contributed by atoms with Crippen molar-refractivity contribution in [3.63, 3.8) is 0 Å². The molecule has 1 aromatic rings. The maximum atomic E-state index is 13.3. The number of rotatable bonds is 7. The molecule has 2 rings (SSSR count). The van der Waals surface area contributed by atoms with Gasteiger partial charge in [-0.05, 0) is 50.0 Å². The molecular formula is C17H18F3O6S-. The fraction of sp³-hybridized carbons (Fsp3) is 0.471. The number of carbonyl (C=O) groups is 1. The van der Waals surface area contributed by atoms with E-state index in [2.05, 4.69) is 11.3 Å². The van der Waals surface area contributed by atoms with Gasteiger partial charge in [0.05, 0.1) is 27.0 Å². The molecule has 6 nitrogen and oxygen atoms in total. The molecule has 0 N–H and O–H groups in total. The third-order valence-corrected chi connectivity index (χ3v) is 4.89. The number of benzene rings is 1. The van der Waals surface area contributed by atoms with E-state index >= 15 is 0 Å². The Balaban J connectivity index is 2.28. The van der Waals surface area contributed by atoms with Crippen LogP contribution in [-0.2, 0) is 21.0 Å². The van der Waals surface area contributed by atoms with E-state index in [1.807, 2.05) is 0 Å². The summed E-state index contributed by atoms with van der Waals surface area (Å²) in [6, 6.07) is 2.50. The van der Waals surface area contributed by atoms with Gasteiger partial charge in [-0.15, -0.1) is 0 Å². The molecule has 10 heteroatoms. The van der Waals surface area contributed by atoms with Crippen LogP contribution >= 0.6 is 0 Å². The van der Waals surface area contributed by atoms with Gasteiger partial charge in [-0.25, -0.2) is 13.2 Å². The van der Waals surface area contributed by atoms with Crippen LogP contribution in [0.3, 0.4) is 0 Å². The van der Waals surface area contributed by atoms with Crippen molar-refractivity contribution in [3.8, 4) is 5.75 Å². The topological polar surface area (TPSA) is 92.7 Å². The fourth-order valence-corrected chi connectivity index (χ4v) is 3.12. The first-order chi connectivity index (χ1) is 12.5. The second-order valence-electron chi connectivity index (χ2n) is 6.18. The van der Waals surface area contributed by atoms with Gasteiger partial charge in [-0.3, -0.25) is 0 Å². The zero-order chi connectivity index (χ0) is 20.3. The molecule has 1 fully saturated rings. The highest BCUT2D eigenvalue weighted by molar-refractivity contribution is 7.85. The van der Waals surface area contributed by atoms with Gasteiger partial charge in [-0.2, -0.15) is 13.2 Å². The molecule has 1 aromatic carbocycles. The molecule has 1 aliphatic carbocycles. The lowest BCUT2D eigenvalue weighted by Gasteiger charge is -2.28. The Hall–Kier alpha value is -2.07. The van der Waals surface area contributed by atoms with Gasteiger partial charge in [0.1, 0.15) is 18.0 Å². The van der Waals surface area contributed by atoms with Gasteiger partial charge in [0.2, 0.25) is 0 Å². The van der Waals surface area contributed by atoms with Crippen molar-refractivity contribution in [1.29, 1.82) is 0 Å². The quantitative estimate of drug-likeness (QED) is 0.391. The standard InChI is InChI=1S/C17H19F3O6S/c1-2-16(7-3-4-8-16)26-14-11-12(5-6-13(14)17(18,19)20)15(21)25-9-10-27(22,23)24/h2,5-6,11H,1,3-4,7-10H2,(H,22,23,24)/p-1. The van der Waals surface area contributed by atoms with Crippen molar-refractivity contribution in [2.45, 2.75) is 37.5 Å². The number of hydrogen-bond donors (Lipinski definition) is 0. The molecular weight excluding hydrogens is 389 g/mol. The van der Waals surface area contributed by atoms with Crippen LogP contribution in [-0.4, -0.2) is 36.9 Å². The Kier molecular flexibility index (Phi) is 6.21. The van der Waals surface area contributed by atoms with Crippen LogP contribution in [0, 0.1) is 0 Å². The summed E-state index contributed by atoms with van der Waals surface area (Å²) in [5, 5.41) is 0. The summed E-state index contributed by atoms with van der Waals surface area (Å²) in [4.78, 5) is 12.0. The maximum Gasteiger partial charge on any atom is 0.419 e. The van der Waals surface area contributed by atoms with Gasteiger partial charge in [0.15, 0.2) is 0 Å². The van der Waals surface area contributed by atoms with Gasteiger partial charge >= 0.3 is 12.1 Å². The minimum atomic E-state index is -4.70. The number of ether oxygens (including phenoxy) is 2. The maximum absolute atomic E-state index is 13.3. The van der Waals surface area contributed by atoms with E-state index in [0.29, 0.717) is 18.9 Å². The lowest BCUT2D eigenvalue weighted by Crippen LogP contribution is -2.30. The number of hydrogen-bond acceptors (Lipinski definition) is 6. The highest BCUT2D eigenvalue weighted by Gasteiger charge is 2.39. The van der Waals surface area contributed by atoms with E-state index in [-0.39, 0.29) is 5.56 Å². The minimum Gasteiger partial charge on any atom is -0.748 e. The second-order valence-corrected chi connectivity index (χ2v) is 7.71. The first-order valence-corrected chi connectivity index (χ1v) is 9.68. The first-order valence-electron chi connectivity index (χ1n) is 8.10. The molecule has 0 radical (unpaired) electrons. The minimum absolute atomic E-state index is 0.251. The predicted octanol–water partition coefficient (Wildman–Crippen LogP) is 3.29. The molecule has 0 amide bonds. The van der Waals surface area contributed by atoms with E-state index in [4.69, 9.17) is 4.74 Å². The third-order valence-electron chi connectivity index (χ3n) is 4.22. The van der Waals surface area contributed by atoms with Crippen LogP contribution in [0.1, 0.15) is 41.6 Å². The van der Waals surface area contributed by atoms with Crippen molar-refractivity contribution < 1.29 is 40.4 Å². The first kappa shape index (κ1) is 21.2. The van der Waals surface area contributed by atoms with Gasteiger partial charge < -0.3 is 14.0 Å². The molecule has 0 bridgehead atoms. The Morgan fingerprint density at radius 1 is 1.30 bits per heavy atom. The van der Waals surface area contributed by atoms with Crippen molar-refractivity contribution in [2.24, 2.45) is 0 Å². The summed E-state index contributed by atoms with van der Waals surface area (Å²) >= 11 is 0. The van der Waals surface area contributed by atoms with Gasteiger partial charge in [-0.1, -0.05) is 6.58 Å². The molecule has 27 heavy (non-hydrogen) atoms. The molecule has 0 spiro atoms. The fourth-order valence-electron chi connectivity index (χ4n) is 2.83. The Morgan fingerprint density at radius 2 is 1.93 bits per heavy atom. The SMILES string of the molecule is C=CC1(Oc2cc(C(=O)OCCS(=O)(=O)[O-])ccc2C(F)(F)F)CCCC1. The van der Waals surface area contributed by atoms with E-state index in [1.54, 1.807) is 0 Å². The van der Waals surface area contributed by atoms with Crippen LogP contribution < -0.4 is 4.74 Å². The van der Waals surface area contributed by atoms with Crippen LogP contribution in [0.15, 0.2) is 30.9 Å². The number of halogens is 3. The number of carbonyl (C=O) groups excluding carboxylic acids is 1. The van der Waals surface area contributed by atoms with Crippen molar-refractivity contribution in [1.82, 2.24) is 0 Å². The second kappa shape index (κ2) is 7.89. The highest BCUT2D eigenvalue weighted by Crippen LogP contribution is 2.42. The third kappa shape index (κ3) is 5.70. The van der Waals surface area contributed by atoms with E-state index in [0.717, 1.165) is 25.0 Å². The number of alkyl halides is 3. The van der Waals surface area contributed by atoms with Crippen LogP contribution in [0.4, 0.5) is 13.2 Å². The number of esters is 1. The molecule has 150 valence electrons. The summed E-state index contributed by atoms with van der Waals surface area (Å²) in [7, 11) is -4.58. The molecule has 0 aromatic heterocycles. The van der Waals surface area contributed by atoms with E-state index in [9.17, 15) is 30.9 Å². The van der Waals surface area contributed by atoms with Crippen molar-refractivity contribution >= 4 is 16.1 Å². The van der Waals surface area contributed by atoms with Crippen LogP contribution in [0.5, 0.6) is 5.75 Å². The summed E-state index contributed by atoms with van der Waals surface area (Å²) in [5.74, 6) is -2.52. The Morgan fingerprint density at radius 3 is 2.44 bits per heavy atom. The van der Waals surface area contributed by atoms with Crippen molar-refractivity contribution in [3.05, 3.63) is 42.0 Å². The van der Waals surface area contributed by atoms with E-state index < -0.39 is 51.5 Å². The molecule has 1 aliphatic rings. The van der Waals surface area contributed by atoms with Crippen LogP contribution in [0.2, 0.25) is 0 Å². The smallest absolute Gasteiger partial charge is 0.419 e. The zero-order valence-corrected chi connectivity index (χ0v) is 15.1. The Labute approximate surface area is 154 Å². The normalized spacial score (nSPS) is 16.7. The average molecular weight is 407 g/mol.